The van der Waals surface area contributed by atoms with E-state index in [0.29, 0.717) is 82.0 Å². The van der Waals surface area contributed by atoms with Crippen LogP contribution in [0.5, 0.6) is 0 Å². The summed E-state index contributed by atoms with van der Waals surface area (Å²) in [6, 6.07) is 13.4. The number of halogens is 2. The lowest BCUT2D eigenvalue weighted by Crippen LogP contribution is -2.64. The number of anilines is 1. The molecule has 2 aliphatic carbocycles. The summed E-state index contributed by atoms with van der Waals surface area (Å²) in [5.41, 5.74) is -0.247. The maximum Gasteiger partial charge on any atom is 0.408 e. The van der Waals surface area contributed by atoms with Crippen molar-refractivity contribution in [2.24, 2.45) is 11.3 Å². The zero-order chi connectivity index (χ0) is 56.2. The van der Waals surface area contributed by atoms with E-state index in [1.54, 1.807) is 32.9 Å². The van der Waals surface area contributed by atoms with Gasteiger partial charge < -0.3 is 50.0 Å². The SMILES string of the molecule is CC(C)(C)OC(=O)NC1(C(=O)N[C@@H](CCN2CCC(OC3CCN(C(=O)[C@H](NC(=O)c4cccc(C5CCCN(C(=O)C6(C)CC6)C5)c4F)C4CCCCC4)CC3)CC2)c2ccc(Cl)cc2)CCN(c2ncnc3[nH]ccc23)CC1. The van der Waals surface area contributed by atoms with Gasteiger partial charge in [-0.15, -0.1) is 0 Å². The molecule has 0 spiro atoms. The monoisotopic (exact) mass is 1120 g/mol. The van der Waals surface area contributed by atoms with Crippen LogP contribution in [0.15, 0.2) is 61.1 Å². The predicted molar refractivity (Wildman–Crippen MR) is 305 cm³/mol. The smallest absolute Gasteiger partial charge is 0.408 e. The van der Waals surface area contributed by atoms with Crippen LogP contribution in [0, 0.1) is 17.2 Å². The van der Waals surface area contributed by atoms with E-state index in [1.807, 2.05) is 53.3 Å². The van der Waals surface area contributed by atoms with Gasteiger partial charge in [0.05, 0.1) is 29.2 Å². The normalized spacial score (nSPS) is 22.1. The minimum Gasteiger partial charge on any atom is -0.444 e. The highest BCUT2D eigenvalue weighted by atomic mass is 35.5. The fourth-order valence-corrected chi connectivity index (χ4v) is 13.1. The number of amides is 5. The van der Waals surface area contributed by atoms with Gasteiger partial charge in [-0.05, 0) is 146 Å². The molecule has 2 aromatic heterocycles. The zero-order valence-corrected chi connectivity index (χ0v) is 48.0. The van der Waals surface area contributed by atoms with Crippen molar-refractivity contribution in [3.63, 3.8) is 0 Å². The Hall–Kier alpha value is -5.85. The van der Waals surface area contributed by atoms with E-state index >= 15 is 4.39 Å². The number of benzene rings is 2. The summed E-state index contributed by atoms with van der Waals surface area (Å²) >= 11 is 6.36. The molecule has 432 valence electrons. The molecule has 17 nitrogen and oxygen atoms in total. The molecule has 4 saturated heterocycles. The van der Waals surface area contributed by atoms with E-state index < -0.39 is 35.0 Å². The number of nitrogens with zero attached hydrogens (tertiary/aromatic N) is 6. The number of aromatic nitrogens is 3. The van der Waals surface area contributed by atoms with Gasteiger partial charge in [-0.3, -0.25) is 19.2 Å². The molecule has 1 unspecified atom stereocenters. The maximum atomic E-state index is 16.5. The third-order valence-corrected chi connectivity index (χ3v) is 18.3. The molecule has 2 aromatic carbocycles. The number of rotatable bonds is 16. The number of fused-ring (bicyclic) bond motifs is 1. The molecule has 4 aromatic rings. The molecule has 5 amide bonds. The van der Waals surface area contributed by atoms with E-state index in [-0.39, 0.29) is 58.8 Å². The van der Waals surface area contributed by atoms with Crippen molar-refractivity contribution < 1.29 is 37.8 Å². The largest absolute Gasteiger partial charge is 0.444 e. The van der Waals surface area contributed by atoms with Gasteiger partial charge >= 0.3 is 6.09 Å². The summed E-state index contributed by atoms with van der Waals surface area (Å²) in [4.78, 5) is 90.5. The summed E-state index contributed by atoms with van der Waals surface area (Å²) in [5.74, 6) is -0.807. The Labute approximate surface area is 475 Å². The molecular formula is C61H82ClFN10O7. The van der Waals surface area contributed by atoms with E-state index in [2.05, 4.69) is 40.7 Å². The molecule has 80 heavy (non-hydrogen) atoms. The number of hydrogen-bond donors (Lipinski definition) is 4. The highest BCUT2D eigenvalue weighted by Gasteiger charge is 2.48. The lowest BCUT2D eigenvalue weighted by molar-refractivity contribution is -0.139. The standard InChI is InChI=1S/C61H82ClFN10O7/c1-59(2,3)80-58(78)69-61(27-36-71(37-28-61)53-48-19-29-64-52(48)65-39-66-53)56(76)67-49(40-15-17-43(62)18-16-40)24-33-70-31-20-44(21-32-70)79-45-22-34-72(35-23-45)55(75)51(41-10-6-5-7-11-41)68-54(74)47-14-8-13-46(50(47)63)42-12-9-30-73(38-42)57(77)60(4)25-26-60/h8,13-19,29,39,41-42,44-45,49,51H,5-7,9-12,20-28,30-38H2,1-4H3,(H,67,76)(H,68,74)(H,69,78)(H,64,65,66)/t42?,49-,51+/m0/s1. The first-order valence-electron chi connectivity index (χ1n) is 29.6. The van der Waals surface area contributed by atoms with Crippen LogP contribution in [0.25, 0.3) is 11.0 Å². The summed E-state index contributed by atoms with van der Waals surface area (Å²) in [6.07, 6.45) is 15.2. The van der Waals surface area contributed by atoms with Crippen molar-refractivity contribution in [3.8, 4) is 0 Å². The van der Waals surface area contributed by atoms with Gasteiger partial charge in [-0.25, -0.2) is 19.2 Å². The fourth-order valence-electron chi connectivity index (χ4n) is 13.0. The molecule has 19 heteroatoms. The lowest BCUT2D eigenvalue weighted by Gasteiger charge is -2.42. The van der Waals surface area contributed by atoms with Crippen molar-refractivity contribution in [2.45, 2.75) is 172 Å². The quantitative estimate of drug-likeness (QED) is 0.0836. The molecule has 3 atom stereocenters. The minimum atomic E-state index is -1.25. The summed E-state index contributed by atoms with van der Waals surface area (Å²) in [7, 11) is 0. The summed E-state index contributed by atoms with van der Waals surface area (Å²) in [5, 5.41) is 10.9. The Balaban J connectivity index is 0.722. The highest BCUT2D eigenvalue weighted by molar-refractivity contribution is 6.30. The molecule has 6 heterocycles. The van der Waals surface area contributed by atoms with Crippen molar-refractivity contribution in [2.75, 3.05) is 63.8 Å². The molecular weight excluding hydrogens is 1040 g/mol. The second-order valence-electron chi connectivity index (χ2n) is 24.9. The zero-order valence-electron chi connectivity index (χ0n) is 47.2. The van der Waals surface area contributed by atoms with Crippen LogP contribution in [-0.2, 0) is 23.9 Å². The van der Waals surface area contributed by atoms with Crippen molar-refractivity contribution in [3.05, 3.63) is 88.6 Å². The van der Waals surface area contributed by atoms with E-state index in [9.17, 15) is 24.0 Å². The first kappa shape index (κ1) is 57.4. The number of piperidine rings is 4. The van der Waals surface area contributed by atoms with E-state index in [4.69, 9.17) is 21.1 Å². The second kappa shape index (κ2) is 24.7. The Morgan fingerprint density at radius 3 is 2.19 bits per heavy atom. The van der Waals surface area contributed by atoms with Crippen LogP contribution in [0.2, 0.25) is 5.02 Å². The van der Waals surface area contributed by atoms with Gasteiger partial charge in [-0.1, -0.05) is 62.1 Å². The first-order valence-corrected chi connectivity index (χ1v) is 30.0. The van der Waals surface area contributed by atoms with Gasteiger partial charge in [0.15, 0.2) is 0 Å². The van der Waals surface area contributed by atoms with Gasteiger partial charge in [0.25, 0.3) is 5.91 Å². The van der Waals surface area contributed by atoms with Crippen LogP contribution in [0.1, 0.15) is 164 Å². The second-order valence-corrected chi connectivity index (χ2v) is 25.3. The molecule has 6 aliphatic rings. The Morgan fingerprint density at radius 1 is 0.800 bits per heavy atom. The topological polar surface area (TPSA) is 194 Å². The third-order valence-electron chi connectivity index (χ3n) is 18.0. The van der Waals surface area contributed by atoms with Gasteiger partial charge in [0, 0.05) is 81.5 Å². The summed E-state index contributed by atoms with van der Waals surface area (Å²) < 4.78 is 28.9. The molecule has 0 radical (unpaired) electrons. The average Bonchev–Trinajstić information content (AvgIpc) is 4.03. The fraction of sp³-hybridized carbons (Fsp3) is 0.623. The van der Waals surface area contributed by atoms with Crippen molar-refractivity contribution in [1.29, 1.82) is 0 Å². The molecule has 2 saturated carbocycles. The molecule has 10 rings (SSSR count). The molecule has 4 aliphatic heterocycles. The molecule has 4 N–H and O–H groups in total. The van der Waals surface area contributed by atoms with Crippen LogP contribution in [-0.4, -0.2) is 148 Å². The summed E-state index contributed by atoms with van der Waals surface area (Å²) in [6.45, 7) is 12.9. The van der Waals surface area contributed by atoms with Crippen LogP contribution in [0.4, 0.5) is 15.0 Å². The number of hydrogen-bond acceptors (Lipinski definition) is 11. The number of nitrogens with one attached hydrogen (secondary N) is 4. The number of alkyl carbamates (subject to hydrolysis) is 1. The Bertz CT molecular complexity index is 2830. The minimum absolute atomic E-state index is 0.00175. The number of H-pyrrole nitrogens is 1. The van der Waals surface area contributed by atoms with Crippen molar-refractivity contribution in [1.82, 2.24) is 45.6 Å². The Kier molecular flexibility index (Phi) is 17.7. The van der Waals surface area contributed by atoms with Crippen molar-refractivity contribution >= 4 is 58.2 Å². The first-order chi connectivity index (χ1) is 38.4. The van der Waals surface area contributed by atoms with Gasteiger partial charge in [0.1, 0.15) is 40.8 Å². The van der Waals surface area contributed by atoms with Gasteiger partial charge in [-0.2, -0.15) is 0 Å². The average molecular weight is 1120 g/mol. The maximum absolute atomic E-state index is 16.5. The molecule has 0 bridgehead atoms. The van der Waals surface area contributed by atoms with Gasteiger partial charge in [0.2, 0.25) is 17.7 Å². The van der Waals surface area contributed by atoms with Crippen LogP contribution >= 0.6 is 11.6 Å². The van der Waals surface area contributed by atoms with Crippen LogP contribution < -0.4 is 20.9 Å². The Morgan fingerprint density at radius 2 is 1.50 bits per heavy atom. The number of carbonyl (C=O) groups excluding carboxylic acids is 5. The molecule has 6 fully saturated rings. The number of likely N-dealkylation sites (tertiary alicyclic amines) is 3. The van der Waals surface area contributed by atoms with Crippen LogP contribution in [0.3, 0.4) is 0 Å². The van der Waals surface area contributed by atoms with E-state index in [0.717, 1.165) is 113 Å². The van der Waals surface area contributed by atoms with E-state index in [1.165, 1.54) is 12.4 Å². The number of ether oxygens (including phenoxy) is 2. The lowest BCUT2D eigenvalue weighted by atomic mass is 9.83. The third kappa shape index (κ3) is 13.6. The predicted octanol–water partition coefficient (Wildman–Crippen LogP) is 9.22. The highest BCUT2D eigenvalue weighted by Crippen LogP contribution is 2.47. The number of aromatic amines is 1. The number of carbonyl (C=O) groups is 5.